The maximum absolute atomic E-state index is 11.2. The quantitative estimate of drug-likeness (QED) is 0.785. The number of nitrogens with one attached hydrogen (secondary N) is 2. The van der Waals surface area contributed by atoms with Gasteiger partial charge in [-0.2, -0.15) is 11.8 Å². The molecule has 76 valence electrons. The van der Waals surface area contributed by atoms with E-state index >= 15 is 0 Å². The number of anilines is 1. The van der Waals surface area contributed by atoms with E-state index in [4.69, 9.17) is 0 Å². The van der Waals surface area contributed by atoms with Gasteiger partial charge in [0.2, 0.25) is 0 Å². The van der Waals surface area contributed by atoms with E-state index < -0.39 is 0 Å². The van der Waals surface area contributed by atoms with E-state index in [0.717, 1.165) is 6.54 Å². The Morgan fingerprint density at radius 3 is 3.36 bits per heavy atom. The van der Waals surface area contributed by atoms with E-state index in [1.165, 1.54) is 24.8 Å². The molecule has 0 radical (unpaired) electrons. The molecule has 1 unspecified atom stereocenters. The van der Waals surface area contributed by atoms with E-state index in [1.54, 1.807) is 6.20 Å². The Morgan fingerprint density at radius 1 is 1.71 bits per heavy atom. The fraction of sp³-hybridized carbons (Fsp3) is 0.556. The first kappa shape index (κ1) is 9.58. The third-order valence-corrected chi connectivity index (χ3v) is 3.63. The number of hydrogen-bond acceptors (Lipinski definition) is 4. The highest BCUT2D eigenvalue weighted by Gasteiger charge is 2.15. The molecule has 2 heterocycles. The van der Waals surface area contributed by atoms with Crippen molar-refractivity contribution in [3.05, 3.63) is 22.7 Å². The van der Waals surface area contributed by atoms with Crippen LogP contribution in [0.4, 0.5) is 5.82 Å². The van der Waals surface area contributed by atoms with E-state index in [2.05, 4.69) is 15.3 Å². The zero-order valence-electron chi connectivity index (χ0n) is 7.82. The molecule has 1 aliphatic rings. The lowest BCUT2D eigenvalue weighted by Crippen LogP contribution is -2.20. The molecular weight excluding hydrogens is 198 g/mol. The van der Waals surface area contributed by atoms with Gasteiger partial charge >= 0.3 is 0 Å². The number of aromatic amines is 1. The van der Waals surface area contributed by atoms with E-state index in [9.17, 15) is 4.79 Å². The number of hydrogen-bond donors (Lipinski definition) is 2. The maximum Gasteiger partial charge on any atom is 0.290 e. The molecule has 5 heteroatoms. The minimum absolute atomic E-state index is 0.143. The Balaban J connectivity index is 1.91. The van der Waals surface area contributed by atoms with Crippen LogP contribution >= 0.6 is 11.8 Å². The second kappa shape index (κ2) is 4.50. The highest BCUT2D eigenvalue weighted by Crippen LogP contribution is 2.25. The lowest BCUT2D eigenvalue weighted by atomic mass is 10.2. The van der Waals surface area contributed by atoms with Gasteiger partial charge in [-0.25, -0.2) is 4.98 Å². The number of aromatic nitrogens is 2. The zero-order chi connectivity index (χ0) is 9.80. The van der Waals surface area contributed by atoms with Crippen molar-refractivity contribution in [3.63, 3.8) is 0 Å². The van der Waals surface area contributed by atoms with Crippen molar-refractivity contribution in [2.24, 2.45) is 0 Å². The van der Waals surface area contributed by atoms with E-state index in [1.807, 2.05) is 11.8 Å². The normalized spacial score (nSPS) is 21.0. The second-order valence-corrected chi connectivity index (χ2v) is 4.69. The summed E-state index contributed by atoms with van der Waals surface area (Å²) in [6, 6.07) is 0. The first-order valence-corrected chi connectivity index (χ1v) is 5.80. The molecule has 4 nitrogen and oxygen atoms in total. The highest BCUT2D eigenvalue weighted by molar-refractivity contribution is 8.00. The molecular formula is C9H13N3OS. The van der Waals surface area contributed by atoms with Crippen LogP contribution in [-0.2, 0) is 0 Å². The van der Waals surface area contributed by atoms with Gasteiger partial charge in [-0.05, 0) is 18.6 Å². The molecule has 1 aromatic heterocycles. The molecule has 0 bridgehead atoms. The van der Waals surface area contributed by atoms with E-state index in [0.29, 0.717) is 11.1 Å². The number of nitrogens with zero attached hydrogens (tertiary/aromatic N) is 1. The van der Waals surface area contributed by atoms with Gasteiger partial charge in [-0.3, -0.25) is 4.79 Å². The summed E-state index contributed by atoms with van der Waals surface area (Å²) >= 11 is 1.96. The van der Waals surface area contributed by atoms with Gasteiger partial charge in [0.05, 0.1) is 0 Å². The summed E-state index contributed by atoms with van der Waals surface area (Å²) in [5.41, 5.74) is -0.143. The van der Waals surface area contributed by atoms with Crippen LogP contribution in [0.15, 0.2) is 17.2 Å². The van der Waals surface area contributed by atoms with Crippen LogP contribution in [0.2, 0.25) is 0 Å². The van der Waals surface area contributed by atoms with Crippen molar-refractivity contribution in [1.29, 1.82) is 0 Å². The SMILES string of the molecule is O=c1[nH]ccnc1NCC1CCCS1. The third kappa shape index (κ3) is 2.29. The smallest absolute Gasteiger partial charge is 0.290 e. The minimum atomic E-state index is -0.143. The Hall–Kier alpha value is -0.970. The van der Waals surface area contributed by atoms with Gasteiger partial charge in [-0.1, -0.05) is 0 Å². The molecule has 1 atom stereocenters. The number of rotatable bonds is 3. The first-order valence-electron chi connectivity index (χ1n) is 4.75. The van der Waals surface area contributed by atoms with Crippen LogP contribution in [0.5, 0.6) is 0 Å². The molecule has 14 heavy (non-hydrogen) atoms. The molecule has 1 aliphatic heterocycles. The third-order valence-electron chi connectivity index (χ3n) is 2.23. The molecule has 0 aromatic carbocycles. The number of H-pyrrole nitrogens is 1. The summed E-state index contributed by atoms with van der Waals surface area (Å²) in [5.74, 6) is 1.67. The minimum Gasteiger partial charge on any atom is -0.364 e. The largest absolute Gasteiger partial charge is 0.364 e. The van der Waals surface area contributed by atoms with Crippen LogP contribution in [0.3, 0.4) is 0 Å². The summed E-state index contributed by atoms with van der Waals surface area (Å²) in [6.07, 6.45) is 5.65. The van der Waals surface area contributed by atoms with Crippen molar-refractivity contribution in [2.45, 2.75) is 18.1 Å². The number of thioether (sulfide) groups is 1. The van der Waals surface area contributed by atoms with Gasteiger partial charge in [0.25, 0.3) is 5.56 Å². The Bertz CT molecular complexity index is 346. The Kier molecular flexibility index (Phi) is 3.08. The molecule has 0 amide bonds. The molecule has 1 fully saturated rings. The predicted molar refractivity (Wildman–Crippen MR) is 58.8 cm³/mol. The van der Waals surface area contributed by atoms with Crippen molar-refractivity contribution in [3.8, 4) is 0 Å². The van der Waals surface area contributed by atoms with Crippen LogP contribution in [0, 0.1) is 0 Å². The lowest BCUT2D eigenvalue weighted by Gasteiger charge is -2.09. The Morgan fingerprint density at radius 2 is 2.64 bits per heavy atom. The molecule has 2 rings (SSSR count). The standard InChI is InChI=1S/C9H13N3OS/c13-9-8(10-3-4-11-9)12-6-7-2-1-5-14-7/h3-4,7H,1-2,5-6H2,(H,10,12)(H,11,13). The van der Waals surface area contributed by atoms with Crippen LogP contribution < -0.4 is 10.9 Å². The van der Waals surface area contributed by atoms with Gasteiger partial charge in [-0.15, -0.1) is 0 Å². The maximum atomic E-state index is 11.2. The average Bonchev–Trinajstić information content (AvgIpc) is 2.69. The molecule has 2 N–H and O–H groups in total. The monoisotopic (exact) mass is 211 g/mol. The summed E-state index contributed by atoms with van der Waals surface area (Å²) < 4.78 is 0. The van der Waals surface area contributed by atoms with Crippen molar-refractivity contribution in [2.75, 3.05) is 17.6 Å². The van der Waals surface area contributed by atoms with Crippen LogP contribution in [-0.4, -0.2) is 27.5 Å². The van der Waals surface area contributed by atoms with Crippen molar-refractivity contribution >= 4 is 17.6 Å². The molecule has 1 saturated heterocycles. The van der Waals surface area contributed by atoms with Crippen molar-refractivity contribution in [1.82, 2.24) is 9.97 Å². The highest BCUT2D eigenvalue weighted by atomic mass is 32.2. The lowest BCUT2D eigenvalue weighted by molar-refractivity contribution is 0.802. The summed E-state index contributed by atoms with van der Waals surface area (Å²) in [7, 11) is 0. The zero-order valence-corrected chi connectivity index (χ0v) is 8.64. The molecule has 1 aromatic rings. The predicted octanol–water partition coefficient (Wildman–Crippen LogP) is 1.08. The molecule has 0 aliphatic carbocycles. The average molecular weight is 211 g/mol. The van der Waals surface area contributed by atoms with Gasteiger partial charge in [0, 0.05) is 24.2 Å². The van der Waals surface area contributed by atoms with Gasteiger partial charge in [0.1, 0.15) is 0 Å². The fourth-order valence-corrected chi connectivity index (χ4v) is 2.69. The van der Waals surface area contributed by atoms with E-state index in [-0.39, 0.29) is 5.56 Å². The fourth-order valence-electron chi connectivity index (χ4n) is 1.49. The summed E-state index contributed by atoms with van der Waals surface area (Å²) in [6.45, 7) is 0.838. The first-order chi connectivity index (χ1) is 6.86. The molecule has 0 spiro atoms. The topological polar surface area (TPSA) is 57.8 Å². The van der Waals surface area contributed by atoms with Gasteiger partial charge < -0.3 is 10.3 Å². The Labute approximate surface area is 86.5 Å². The molecule has 0 saturated carbocycles. The second-order valence-electron chi connectivity index (χ2n) is 3.28. The van der Waals surface area contributed by atoms with Gasteiger partial charge in [0.15, 0.2) is 5.82 Å². The summed E-state index contributed by atoms with van der Waals surface area (Å²) in [4.78, 5) is 17.8. The van der Waals surface area contributed by atoms with Crippen molar-refractivity contribution < 1.29 is 0 Å². The summed E-state index contributed by atoms with van der Waals surface area (Å²) in [5, 5.41) is 3.71. The van der Waals surface area contributed by atoms with Crippen LogP contribution in [0.1, 0.15) is 12.8 Å². The van der Waals surface area contributed by atoms with Crippen LogP contribution in [0.25, 0.3) is 0 Å².